The van der Waals surface area contributed by atoms with Crippen molar-refractivity contribution in [2.24, 2.45) is 7.05 Å². The maximum absolute atomic E-state index is 12.1. The second kappa shape index (κ2) is 4.18. The molecule has 2 N–H and O–H groups in total. The van der Waals surface area contributed by atoms with Crippen LogP contribution >= 0.6 is 0 Å². The number of hydrogen-bond donors (Lipinski definition) is 2. The van der Waals surface area contributed by atoms with Crippen LogP contribution in [0.25, 0.3) is 10.9 Å². The number of pyridine rings is 1. The molecule has 2 aromatic rings. The molecule has 18 heavy (non-hydrogen) atoms. The van der Waals surface area contributed by atoms with E-state index in [1.165, 1.54) is 11.5 Å². The molecule has 0 aliphatic rings. The minimum absolute atomic E-state index is 0.0799. The monoisotopic (exact) mass is 247 g/mol. The first-order valence-electron chi connectivity index (χ1n) is 5.48. The van der Waals surface area contributed by atoms with E-state index in [0.29, 0.717) is 10.9 Å². The lowest BCUT2D eigenvalue weighted by molar-refractivity contribution is -0.138. The smallest absolute Gasteiger partial charge is 0.311 e. The molecule has 1 aromatic carbocycles. The van der Waals surface area contributed by atoms with Gasteiger partial charge in [0.05, 0.1) is 17.0 Å². The van der Waals surface area contributed by atoms with Crippen LogP contribution in [-0.2, 0) is 11.8 Å². The number of para-hydroxylation sites is 1. The number of benzene rings is 1. The Morgan fingerprint density at radius 3 is 2.56 bits per heavy atom. The highest BCUT2D eigenvalue weighted by molar-refractivity contribution is 5.88. The van der Waals surface area contributed by atoms with Crippen LogP contribution in [0.15, 0.2) is 29.1 Å². The summed E-state index contributed by atoms with van der Waals surface area (Å²) in [5.41, 5.74) is 0.00568. The number of aromatic hydroxyl groups is 1. The average molecular weight is 247 g/mol. The van der Waals surface area contributed by atoms with Crippen LogP contribution in [0, 0.1) is 0 Å². The third kappa shape index (κ3) is 1.64. The Morgan fingerprint density at radius 2 is 1.94 bits per heavy atom. The molecule has 0 aliphatic carbocycles. The quantitative estimate of drug-likeness (QED) is 0.841. The number of fused-ring (bicyclic) bond motifs is 1. The molecule has 0 bridgehead atoms. The van der Waals surface area contributed by atoms with E-state index in [-0.39, 0.29) is 11.3 Å². The first-order valence-corrected chi connectivity index (χ1v) is 5.48. The van der Waals surface area contributed by atoms with E-state index >= 15 is 0 Å². The number of carboxylic acids is 1. The van der Waals surface area contributed by atoms with Crippen molar-refractivity contribution >= 4 is 16.9 Å². The number of nitrogens with zero attached hydrogens (tertiary/aromatic N) is 1. The second-order valence-electron chi connectivity index (χ2n) is 4.20. The van der Waals surface area contributed by atoms with Gasteiger partial charge in [0.2, 0.25) is 0 Å². The Balaban J connectivity index is 2.92. The van der Waals surface area contributed by atoms with Gasteiger partial charge >= 0.3 is 5.97 Å². The third-order valence-electron chi connectivity index (χ3n) is 3.11. The zero-order valence-electron chi connectivity index (χ0n) is 10.0. The summed E-state index contributed by atoms with van der Waals surface area (Å²) in [5.74, 6) is -2.44. The first-order chi connectivity index (χ1) is 8.45. The number of aryl methyl sites for hydroxylation is 1. The van der Waals surface area contributed by atoms with Gasteiger partial charge in [0.15, 0.2) is 0 Å². The molecule has 1 atom stereocenters. The van der Waals surface area contributed by atoms with Crippen LogP contribution in [0.4, 0.5) is 0 Å². The number of aromatic nitrogens is 1. The molecule has 1 aromatic heterocycles. The van der Waals surface area contributed by atoms with Crippen molar-refractivity contribution in [2.75, 3.05) is 0 Å². The van der Waals surface area contributed by atoms with Crippen molar-refractivity contribution in [3.8, 4) is 5.75 Å². The van der Waals surface area contributed by atoms with E-state index in [9.17, 15) is 14.7 Å². The summed E-state index contributed by atoms with van der Waals surface area (Å²) >= 11 is 0. The molecular formula is C13H13NO4. The molecule has 1 heterocycles. The van der Waals surface area contributed by atoms with Gasteiger partial charge in [-0.15, -0.1) is 0 Å². The summed E-state index contributed by atoms with van der Waals surface area (Å²) in [4.78, 5) is 23.1. The summed E-state index contributed by atoms with van der Waals surface area (Å²) in [7, 11) is 1.56. The van der Waals surface area contributed by atoms with Gasteiger partial charge in [-0.3, -0.25) is 9.59 Å². The molecule has 0 amide bonds. The Morgan fingerprint density at radius 1 is 1.33 bits per heavy atom. The minimum atomic E-state index is -1.14. The SMILES string of the molecule is CC(C(=O)O)c1c(O)c2ccccc2n(C)c1=O. The largest absolute Gasteiger partial charge is 0.507 e. The van der Waals surface area contributed by atoms with Gasteiger partial charge in [0.1, 0.15) is 5.75 Å². The van der Waals surface area contributed by atoms with Crippen LogP contribution in [-0.4, -0.2) is 20.7 Å². The molecule has 1 unspecified atom stereocenters. The molecule has 0 saturated heterocycles. The normalized spacial score (nSPS) is 12.6. The number of carboxylic acid groups (broad SMARTS) is 1. The van der Waals surface area contributed by atoms with Crippen LogP contribution < -0.4 is 5.56 Å². The molecule has 2 rings (SSSR count). The van der Waals surface area contributed by atoms with E-state index in [0.717, 1.165) is 0 Å². The molecule has 5 nitrogen and oxygen atoms in total. The van der Waals surface area contributed by atoms with Crippen molar-refractivity contribution in [3.63, 3.8) is 0 Å². The van der Waals surface area contributed by atoms with Gasteiger partial charge in [-0.05, 0) is 19.1 Å². The van der Waals surface area contributed by atoms with E-state index in [1.54, 1.807) is 31.3 Å². The lowest BCUT2D eigenvalue weighted by Gasteiger charge is -2.13. The van der Waals surface area contributed by atoms with Crippen LogP contribution in [0.2, 0.25) is 0 Å². The lowest BCUT2D eigenvalue weighted by atomic mass is 9.99. The molecule has 0 saturated carbocycles. The maximum Gasteiger partial charge on any atom is 0.311 e. The molecule has 5 heteroatoms. The van der Waals surface area contributed by atoms with Gasteiger partial charge in [0, 0.05) is 12.4 Å². The molecule has 0 aliphatic heterocycles. The van der Waals surface area contributed by atoms with Gasteiger partial charge in [0.25, 0.3) is 5.56 Å². The fourth-order valence-corrected chi connectivity index (χ4v) is 2.02. The topological polar surface area (TPSA) is 79.5 Å². The predicted octanol–water partition coefficient (Wildman–Crippen LogP) is 1.43. The highest BCUT2D eigenvalue weighted by Crippen LogP contribution is 2.30. The fourth-order valence-electron chi connectivity index (χ4n) is 2.02. The van der Waals surface area contributed by atoms with Crippen molar-refractivity contribution in [3.05, 3.63) is 40.2 Å². The standard InChI is InChI=1S/C13H13NO4/c1-7(13(17)18)10-11(15)8-5-3-4-6-9(8)14(2)12(10)16/h3-7,15H,1-2H3,(H,17,18). The van der Waals surface area contributed by atoms with E-state index in [1.807, 2.05) is 0 Å². The molecule has 94 valence electrons. The fraction of sp³-hybridized carbons (Fsp3) is 0.231. The zero-order chi connectivity index (χ0) is 13.4. The molecule has 0 radical (unpaired) electrons. The average Bonchev–Trinajstić information content (AvgIpc) is 2.36. The summed E-state index contributed by atoms with van der Waals surface area (Å²) in [6.45, 7) is 1.38. The van der Waals surface area contributed by atoms with Gasteiger partial charge < -0.3 is 14.8 Å². The maximum atomic E-state index is 12.1. The number of hydrogen-bond acceptors (Lipinski definition) is 3. The predicted molar refractivity (Wildman–Crippen MR) is 66.9 cm³/mol. The first kappa shape index (κ1) is 12.2. The molecule has 0 fully saturated rings. The zero-order valence-corrected chi connectivity index (χ0v) is 10.0. The number of aliphatic carboxylic acids is 1. The number of carbonyl (C=O) groups is 1. The van der Waals surface area contributed by atoms with Crippen LogP contribution in [0.1, 0.15) is 18.4 Å². The van der Waals surface area contributed by atoms with Gasteiger partial charge in [-0.25, -0.2) is 0 Å². The van der Waals surface area contributed by atoms with Crippen LogP contribution in [0.3, 0.4) is 0 Å². The third-order valence-corrected chi connectivity index (χ3v) is 3.11. The lowest BCUT2D eigenvalue weighted by Crippen LogP contribution is -2.25. The number of rotatable bonds is 2. The van der Waals surface area contributed by atoms with Crippen molar-refractivity contribution in [1.29, 1.82) is 0 Å². The summed E-state index contributed by atoms with van der Waals surface area (Å²) in [6.07, 6.45) is 0. The Hall–Kier alpha value is -2.30. The summed E-state index contributed by atoms with van der Waals surface area (Å²) < 4.78 is 1.35. The second-order valence-corrected chi connectivity index (χ2v) is 4.20. The Kier molecular flexibility index (Phi) is 2.82. The molecular weight excluding hydrogens is 234 g/mol. The minimum Gasteiger partial charge on any atom is -0.507 e. The van der Waals surface area contributed by atoms with Crippen molar-refractivity contribution in [2.45, 2.75) is 12.8 Å². The van der Waals surface area contributed by atoms with E-state index < -0.39 is 17.4 Å². The van der Waals surface area contributed by atoms with Gasteiger partial charge in [-0.1, -0.05) is 12.1 Å². The highest BCUT2D eigenvalue weighted by atomic mass is 16.4. The van der Waals surface area contributed by atoms with Crippen LogP contribution in [0.5, 0.6) is 5.75 Å². The Bertz CT molecular complexity index is 687. The van der Waals surface area contributed by atoms with E-state index in [2.05, 4.69) is 0 Å². The van der Waals surface area contributed by atoms with Crippen molar-refractivity contribution in [1.82, 2.24) is 4.57 Å². The van der Waals surface area contributed by atoms with Gasteiger partial charge in [-0.2, -0.15) is 0 Å². The highest BCUT2D eigenvalue weighted by Gasteiger charge is 2.24. The molecule has 0 spiro atoms. The van der Waals surface area contributed by atoms with E-state index in [4.69, 9.17) is 5.11 Å². The summed E-state index contributed by atoms with van der Waals surface area (Å²) in [6, 6.07) is 6.83. The Labute approximate surface area is 103 Å². The summed E-state index contributed by atoms with van der Waals surface area (Å²) in [5, 5.41) is 19.6. The van der Waals surface area contributed by atoms with Crippen molar-refractivity contribution < 1.29 is 15.0 Å².